The number of hydrogen-bond donors (Lipinski definition) is 1. The number of carbonyl (C=O) groups excluding carboxylic acids is 1. The Morgan fingerprint density at radius 3 is 2.36 bits per heavy atom. The molecular weight excluding hydrogens is 383 g/mol. The molecule has 1 amide bonds. The van der Waals surface area contributed by atoms with Gasteiger partial charge < -0.3 is 10.0 Å². The second kappa shape index (κ2) is 8.88. The molecule has 0 aromatic heterocycles. The summed E-state index contributed by atoms with van der Waals surface area (Å²) in [7, 11) is -1.75. The van der Waals surface area contributed by atoms with Crippen molar-refractivity contribution in [2.45, 2.75) is 56.4 Å². The number of aliphatic hydroxyl groups is 1. The lowest BCUT2D eigenvalue weighted by Crippen LogP contribution is -2.50. The van der Waals surface area contributed by atoms with Crippen LogP contribution in [0.4, 0.5) is 4.39 Å². The van der Waals surface area contributed by atoms with E-state index < -0.39 is 21.9 Å². The summed E-state index contributed by atoms with van der Waals surface area (Å²) in [6.07, 6.45) is 4.03. The molecule has 1 aromatic rings. The molecule has 6 nitrogen and oxygen atoms in total. The van der Waals surface area contributed by atoms with Crippen LogP contribution in [0.1, 0.15) is 44.1 Å². The van der Waals surface area contributed by atoms with E-state index in [0.717, 1.165) is 25.7 Å². The van der Waals surface area contributed by atoms with E-state index in [-0.39, 0.29) is 23.6 Å². The third-order valence-electron chi connectivity index (χ3n) is 6.00. The van der Waals surface area contributed by atoms with Gasteiger partial charge >= 0.3 is 0 Å². The Morgan fingerprint density at radius 1 is 1.14 bits per heavy atom. The molecule has 2 fully saturated rings. The summed E-state index contributed by atoms with van der Waals surface area (Å²) in [5.74, 6) is -0.773. The summed E-state index contributed by atoms with van der Waals surface area (Å²) in [4.78, 5) is 14.5. The number of sulfonamides is 1. The van der Waals surface area contributed by atoms with Crippen molar-refractivity contribution in [1.82, 2.24) is 9.21 Å². The summed E-state index contributed by atoms with van der Waals surface area (Å²) in [5.41, 5.74) is 0.547. The quantitative estimate of drug-likeness (QED) is 0.804. The number of halogens is 1. The van der Waals surface area contributed by atoms with Crippen LogP contribution in [0.3, 0.4) is 0 Å². The van der Waals surface area contributed by atoms with Crippen molar-refractivity contribution >= 4 is 15.9 Å². The number of nitrogens with zero attached hydrogens (tertiary/aromatic N) is 2. The van der Waals surface area contributed by atoms with Crippen LogP contribution in [0.5, 0.6) is 0 Å². The number of carbonyl (C=O) groups is 1. The van der Waals surface area contributed by atoms with Crippen LogP contribution < -0.4 is 0 Å². The zero-order chi connectivity index (χ0) is 20.3. The van der Waals surface area contributed by atoms with Crippen LogP contribution in [0, 0.1) is 11.7 Å². The highest BCUT2D eigenvalue weighted by Gasteiger charge is 2.36. The van der Waals surface area contributed by atoms with Crippen molar-refractivity contribution in [1.29, 1.82) is 0 Å². The predicted octanol–water partition coefficient (Wildman–Crippen LogP) is 2.13. The van der Waals surface area contributed by atoms with Crippen molar-refractivity contribution in [2.75, 3.05) is 20.1 Å². The van der Waals surface area contributed by atoms with Gasteiger partial charge in [-0.2, -0.15) is 0 Å². The van der Waals surface area contributed by atoms with Crippen LogP contribution in [0.15, 0.2) is 24.3 Å². The Kier molecular flexibility index (Phi) is 6.73. The average molecular weight is 413 g/mol. The average Bonchev–Trinajstić information content (AvgIpc) is 2.69. The Bertz CT molecular complexity index is 776. The zero-order valence-electron chi connectivity index (χ0n) is 16.3. The maximum absolute atomic E-state index is 13.0. The molecule has 1 aliphatic heterocycles. The van der Waals surface area contributed by atoms with E-state index in [9.17, 15) is 22.7 Å². The lowest BCUT2D eigenvalue weighted by atomic mass is 9.89. The molecule has 1 saturated carbocycles. The van der Waals surface area contributed by atoms with Gasteiger partial charge in [0, 0.05) is 26.1 Å². The fourth-order valence-corrected chi connectivity index (χ4v) is 5.82. The van der Waals surface area contributed by atoms with E-state index in [4.69, 9.17) is 0 Å². The first-order valence-electron chi connectivity index (χ1n) is 9.95. The molecule has 8 heteroatoms. The topological polar surface area (TPSA) is 77.9 Å². The van der Waals surface area contributed by atoms with Crippen LogP contribution in [0.2, 0.25) is 0 Å². The maximum Gasteiger partial charge on any atom is 0.225 e. The Morgan fingerprint density at radius 2 is 1.75 bits per heavy atom. The lowest BCUT2D eigenvalue weighted by molar-refractivity contribution is -0.141. The van der Waals surface area contributed by atoms with Gasteiger partial charge in [0.2, 0.25) is 15.9 Å². The largest absolute Gasteiger partial charge is 0.391 e. The highest BCUT2D eigenvalue weighted by molar-refractivity contribution is 7.88. The Balaban J connectivity index is 1.55. The van der Waals surface area contributed by atoms with Gasteiger partial charge in [-0.1, -0.05) is 25.0 Å². The number of piperidine rings is 1. The first-order chi connectivity index (χ1) is 13.3. The predicted molar refractivity (Wildman–Crippen MR) is 104 cm³/mol. The Hall–Kier alpha value is -1.51. The molecule has 0 unspecified atom stereocenters. The van der Waals surface area contributed by atoms with Crippen LogP contribution >= 0.6 is 0 Å². The minimum absolute atomic E-state index is 0.00142. The van der Waals surface area contributed by atoms with Crippen molar-refractivity contribution in [3.05, 3.63) is 35.6 Å². The first-order valence-corrected chi connectivity index (χ1v) is 11.6. The lowest BCUT2D eigenvalue weighted by Gasteiger charge is -2.38. The monoisotopic (exact) mass is 412 g/mol. The molecule has 2 aliphatic rings. The Labute approximate surface area is 166 Å². The van der Waals surface area contributed by atoms with Gasteiger partial charge in [0.1, 0.15) is 5.82 Å². The van der Waals surface area contributed by atoms with Gasteiger partial charge in [0.15, 0.2) is 0 Å². The minimum Gasteiger partial charge on any atom is -0.391 e. The molecule has 0 radical (unpaired) electrons. The van der Waals surface area contributed by atoms with Gasteiger partial charge in [-0.15, -0.1) is 0 Å². The maximum atomic E-state index is 13.0. The highest BCUT2D eigenvalue weighted by Crippen LogP contribution is 2.27. The van der Waals surface area contributed by atoms with Gasteiger partial charge in [-0.3, -0.25) is 4.79 Å². The van der Waals surface area contributed by atoms with E-state index in [1.54, 1.807) is 11.9 Å². The summed E-state index contributed by atoms with van der Waals surface area (Å²) < 4.78 is 39.7. The third-order valence-corrected chi connectivity index (χ3v) is 7.85. The number of benzene rings is 1. The molecule has 1 N–H and O–H groups in total. The van der Waals surface area contributed by atoms with E-state index in [1.165, 1.54) is 28.6 Å². The fraction of sp³-hybridized carbons (Fsp3) is 0.650. The number of aliphatic hydroxyl groups excluding tert-OH is 1. The normalized spacial score (nSPS) is 24.8. The molecule has 1 aliphatic carbocycles. The minimum atomic E-state index is -3.50. The molecular formula is C20H29FN2O4S. The zero-order valence-corrected chi connectivity index (χ0v) is 17.1. The van der Waals surface area contributed by atoms with Gasteiger partial charge in [0.05, 0.1) is 17.9 Å². The number of amides is 1. The van der Waals surface area contributed by atoms with Gasteiger partial charge in [-0.25, -0.2) is 17.1 Å². The number of rotatable bonds is 5. The molecule has 1 saturated heterocycles. The van der Waals surface area contributed by atoms with E-state index >= 15 is 0 Å². The molecule has 0 bridgehead atoms. The SMILES string of the molecule is CN(C(=O)C1CCN(S(=O)(=O)Cc2ccc(F)cc2)CC1)[C@H]1CCCC[C@H]1O. The first kappa shape index (κ1) is 21.2. The second-order valence-electron chi connectivity index (χ2n) is 7.92. The van der Waals surface area contributed by atoms with Crippen molar-refractivity contribution < 1.29 is 22.7 Å². The van der Waals surface area contributed by atoms with E-state index in [2.05, 4.69) is 0 Å². The standard InChI is InChI=1S/C20H29FN2O4S/c1-22(18-4-2-3-5-19(18)24)20(25)16-10-12-23(13-11-16)28(26,27)14-15-6-8-17(21)9-7-15/h6-9,16,18-19,24H,2-5,10-14H2,1H3/t18-,19+/m0/s1. The smallest absolute Gasteiger partial charge is 0.225 e. The summed E-state index contributed by atoms with van der Waals surface area (Å²) in [5, 5.41) is 10.2. The van der Waals surface area contributed by atoms with Crippen molar-refractivity contribution in [2.24, 2.45) is 5.92 Å². The van der Waals surface area contributed by atoms with Gasteiger partial charge in [0.25, 0.3) is 0 Å². The number of likely N-dealkylation sites (N-methyl/N-ethyl adjacent to an activating group) is 1. The second-order valence-corrected chi connectivity index (χ2v) is 9.89. The van der Waals surface area contributed by atoms with E-state index in [0.29, 0.717) is 31.5 Å². The molecule has 0 spiro atoms. The van der Waals surface area contributed by atoms with Crippen molar-refractivity contribution in [3.8, 4) is 0 Å². The summed E-state index contributed by atoms with van der Waals surface area (Å²) in [6.45, 7) is 0.613. The van der Waals surface area contributed by atoms with Crippen LogP contribution in [-0.4, -0.2) is 60.9 Å². The van der Waals surface area contributed by atoms with Crippen LogP contribution in [0.25, 0.3) is 0 Å². The van der Waals surface area contributed by atoms with Crippen LogP contribution in [-0.2, 0) is 20.6 Å². The summed E-state index contributed by atoms with van der Waals surface area (Å²) >= 11 is 0. The summed E-state index contributed by atoms with van der Waals surface area (Å²) in [6, 6.07) is 5.33. The highest BCUT2D eigenvalue weighted by atomic mass is 32.2. The number of hydrogen-bond acceptors (Lipinski definition) is 4. The molecule has 1 heterocycles. The molecule has 1 aromatic carbocycles. The molecule has 3 rings (SSSR count). The fourth-order valence-electron chi connectivity index (χ4n) is 4.26. The molecule has 28 heavy (non-hydrogen) atoms. The third kappa shape index (κ3) is 4.90. The van der Waals surface area contributed by atoms with E-state index in [1.807, 2.05) is 0 Å². The van der Waals surface area contributed by atoms with Gasteiger partial charge in [-0.05, 0) is 43.4 Å². The molecule has 156 valence electrons. The molecule has 2 atom stereocenters. The van der Waals surface area contributed by atoms with Crippen molar-refractivity contribution in [3.63, 3.8) is 0 Å².